The minimum atomic E-state index is -0.344. The largest absolute Gasteiger partial charge is 0.394 e. The molecule has 0 bridgehead atoms. The number of nitrogens with one attached hydrogen (secondary N) is 1. The van der Waals surface area contributed by atoms with E-state index < -0.39 is 0 Å². The maximum absolute atomic E-state index is 9.59. The summed E-state index contributed by atoms with van der Waals surface area (Å²) in [6, 6.07) is 8.74. The minimum Gasteiger partial charge on any atom is -0.394 e. The van der Waals surface area contributed by atoms with Gasteiger partial charge in [-0.3, -0.25) is 0 Å². The van der Waals surface area contributed by atoms with Crippen LogP contribution >= 0.6 is 0 Å². The van der Waals surface area contributed by atoms with Crippen molar-refractivity contribution < 1.29 is 5.11 Å². The second kappa shape index (κ2) is 5.46. The molecule has 0 saturated carbocycles. The predicted molar refractivity (Wildman–Crippen MR) is 68.5 cm³/mol. The summed E-state index contributed by atoms with van der Waals surface area (Å²) in [7, 11) is 0. The third-order valence-electron chi connectivity index (χ3n) is 3.18. The molecule has 2 heteroatoms. The molecule has 0 spiro atoms. The Bertz CT molecular complexity index is 320. The van der Waals surface area contributed by atoms with Crippen LogP contribution in [0.3, 0.4) is 0 Å². The maximum atomic E-state index is 9.59. The van der Waals surface area contributed by atoms with Gasteiger partial charge in [-0.25, -0.2) is 0 Å². The van der Waals surface area contributed by atoms with E-state index in [0.29, 0.717) is 6.04 Å². The molecule has 1 aromatic rings. The van der Waals surface area contributed by atoms with E-state index in [-0.39, 0.29) is 12.1 Å². The predicted octanol–water partition coefficient (Wildman–Crippen LogP) is 2.59. The molecule has 0 saturated heterocycles. The van der Waals surface area contributed by atoms with Gasteiger partial charge in [0.25, 0.3) is 0 Å². The van der Waals surface area contributed by atoms with Gasteiger partial charge in [0.2, 0.25) is 0 Å². The summed E-state index contributed by atoms with van der Waals surface area (Å²) in [6.45, 7) is 8.51. The summed E-state index contributed by atoms with van der Waals surface area (Å²) >= 11 is 0. The zero-order valence-electron chi connectivity index (χ0n) is 10.7. The molecular weight excluding hydrogens is 198 g/mol. The summed E-state index contributed by atoms with van der Waals surface area (Å²) in [5.41, 5.74) is 2.04. The highest BCUT2D eigenvalue weighted by atomic mass is 16.3. The topological polar surface area (TPSA) is 32.3 Å². The first kappa shape index (κ1) is 13.2. The van der Waals surface area contributed by atoms with Crippen molar-refractivity contribution in [1.82, 2.24) is 5.32 Å². The van der Waals surface area contributed by atoms with Crippen LogP contribution in [0.5, 0.6) is 0 Å². The molecule has 1 rings (SSSR count). The van der Waals surface area contributed by atoms with Crippen LogP contribution in [0.25, 0.3) is 0 Å². The van der Waals surface area contributed by atoms with E-state index in [9.17, 15) is 5.11 Å². The Balaban J connectivity index is 2.90. The van der Waals surface area contributed by atoms with Crippen molar-refractivity contribution in [3.05, 3.63) is 35.4 Å². The fourth-order valence-electron chi connectivity index (χ4n) is 1.79. The lowest BCUT2D eigenvalue weighted by atomic mass is 9.91. The first-order valence-electron chi connectivity index (χ1n) is 5.97. The summed E-state index contributed by atoms with van der Waals surface area (Å²) < 4.78 is 0. The number of benzene rings is 1. The lowest BCUT2D eigenvalue weighted by molar-refractivity contribution is 0.162. The van der Waals surface area contributed by atoms with E-state index in [2.05, 4.69) is 50.4 Å². The zero-order valence-corrected chi connectivity index (χ0v) is 10.7. The second-order valence-corrected chi connectivity index (χ2v) is 4.81. The highest BCUT2D eigenvalue weighted by Gasteiger charge is 2.26. The van der Waals surface area contributed by atoms with Gasteiger partial charge in [0, 0.05) is 6.04 Å². The van der Waals surface area contributed by atoms with Gasteiger partial charge in [0.15, 0.2) is 0 Å². The smallest absolute Gasteiger partial charge is 0.0652 e. The van der Waals surface area contributed by atoms with Gasteiger partial charge in [-0.1, -0.05) is 36.8 Å². The molecule has 1 aromatic carbocycles. The Morgan fingerprint density at radius 2 is 1.88 bits per heavy atom. The minimum absolute atomic E-state index is 0.112. The van der Waals surface area contributed by atoms with Crippen LogP contribution in [0, 0.1) is 6.92 Å². The molecule has 0 aromatic heterocycles. The zero-order chi connectivity index (χ0) is 12.2. The van der Waals surface area contributed by atoms with Crippen molar-refractivity contribution >= 4 is 0 Å². The summed E-state index contributed by atoms with van der Waals surface area (Å²) in [6.07, 6.45) is 1.06. The normalized spacial score (nSPS) is 16.8. The van der Waals surface area contributed by atoms with Gasteiger partial charge in [-0.2, -0.15) is 0 Å². The molecule has 0 heterocycles. The van der Waals surface area contributed by atoms with E-state index in [1.54, 1.807) is 0 Å². The summed E-state index contributed by atoms with van der Waals surface area (Å²) in [5, 5.41) is 13.1. The second-order valence-electron chi connectivity index (χ2n) is 4.81. The number of hydrogen-bond donors (Lipinski definition) is 2. The van der Waals surface area contributed by atoms with Crippen molar-refractivity contribution in [1.29, 1.82) is 0 Å². The van der Waals surface area contributed by atoms with Crippen LogP contribution in [-0.2, 0) is 5.54 Å². The third kappa shape index (κ3) is 3.06. The summed E-state index contributed by atoms with van der Waals surface area (Å²) in [5.74, 6) is 0. The van der Waals surface area contributed by atoms with E-state index in [4.69, 9.17) is 0 Å². The Hall–Kier alpha value is -0.860. The number of hydrogen-bond acceptors (Lipinski definition) is 2. The van der Waals surface area contributed by atoms with Crippen LogP contribution in [0.1, 0.15) is 38.3 Å². The first-order chi connectivity index (χ1) is 7.51. The Labute approximate surface area is 98.7 Å². The molecule has 0 aliphatic carbocycles. The fraction of sp³-hybridized carbons (Fsp3) is 0.571. The molecule has 2 unspecified atom stereocenters. The number of aliphatic hydroxyl groups excluding tert-OH is 1. The molecule has 2 atom stereocenters. The Kier molecular flexibility index (Phi) is 4.51. The standard InChI is InChI=1S/C14H23NO/c1-5-12(3)15-14(4,10-16)13-8-6-11(2)7-9-13/h6-9,12,15-16H,5,10H2,1-4H3. The number of rotatable bonds is 5. The van der Waals surface area contributed by atoms with Crippen molar-refractivity contribution in [3.63, 3.8) is 0 Å². The average molecular weight is 221 g/mol. The van der Waals surface area contributed by atoms with Gasteiger partial charge in [-0.05, 0) is 32.8 Å². The van der Waals surface area contributed by atoms with E-state index >= 15 is 0 Å². The Morgan fingerprint density at radius 3 is 2.31 bits per heavy atom. The Morgan fingerprint density at radius 1 is 1.31 bits per heavy atom. The highest BCUT2D eigenvalue weighted by molar-refractivity contribution is 5.27. The number of aryl methyl sites for hydroxylation is 1. The van der Waals surface area contributed by atoms with Crippen LogP contribution in [0.15, 0.2) is 24.3 Å². The van der Waals surface area contributed by atoms with Crippen molar-refractivity contribution in [2.45, 2.75) is 45.7 Å². The van der Waals surface area contributed by atoms with Gasteiger partial charge < -0.3 is 10.4 Å². The lowest BCUT2D eigenvalue weighted by Crippen LogP contribution is -2.47. The van der Waals surface area contributed by atoms with E-state index in [1.807, 2.05) is 6.92 Å². The van der Waals surface area contributed by atoms with Gasteiger partial charge in [0.1, 0.15) is 0 Å². The SMILES string of the molecule is CCC(C)NC(C)(CO)c1ccc(C)cc1. The molecule has 16 heavy (non-hydrogen) atoms. The van der Waals surface area contributed by atoms with Crippen molar-refractivity contribution in [3.8, 4) is 0 Å². The average Bonchev–Trinajstić information content (AvgIpc) is 2.29. The van der Waals surface area contributed by atoms with Crippen molar-refractivity contribution in [2.24, 2.45) is 0 Å². The van der Waals surface area contributed by atoms with Crippen LogP contribution in [-0.4, -0.2) is 17.8 Å². The van der Waals surface area contributed by atoms with Crippen molar-refractivity contribution in [2.75, 3.05) is 6.61 Å². The van der Waals surface area contributed by atoms with Crippen LogP contribution < -0.4 is 5.32 Å². The molecule has 2 N–H and O–H groups in total. The molecular formula is C14H23NO. The third-order valence-corrected chi connectivity index (χ3v) is 3.18. The maximum Gasteiger partial charge on any atom is 0.0652 e. The molecule has 90 valence electrons. The molecule has 0 aliphatic rings. The van der Waals surface area contributed by atoms with E-state index in [1.165, 1.54) is 5.56 Å². The number of aliphatic hydroxyl groups is 1. The molecule has 0 fully saturated rings. The first-order valence-corrected chi connectivity index (χ1v) is 5.97. The van der Waals surface area contributed by atoms with E-state index in [0.717, 1.165) is 12.0 Å². The quantitative estimate of drug-likeness (QED) is 0.801. The molecule has 0 aliphatic heterocycles. The molecule has 2 nitrogen and oxygen atoms in total. The highest BCUT2D eigenvalue weighted by Crippen LogP contribution is 2.21. The fourth-order valence-corrected chi connectivity index (χ4v) is 1.79. The molecule has 0 radical (unpaired) electrons. The van der Waals surface area contributed by atoms with Crippen LogP contribution in [0.2, 0.25) is 0 Å². The van der Waals surface area contributed by atoms with Gasteiger partial charge >= 0.3 is 0 Å². The monoisotopic (exact) mass is 221 g/mol. The summed E-state index contributed by atoms with van der Waals surface area (Å²) in [4.78, 5) is 0. The van der Waals surface area contributed by atoms with Crippen LogP contribution in [0.4, 0.5) is 0 Å². The van der Waals surface area contributed by atoms with Gasteiger partial charge in [0.05, 0.1) is 12.1 Å². The molecule has 0 amide bonds. The van der Waals surface area contributed by atoms with Gasteiger partial charge in [-0.15, -0.1) is 0 Å². The lowest BCUT2D eigenvalue weighted by Gasteiger charge is -2.32.